The van der Waals surface area contributed by atoms with Gasteiger partial charge in [0.1, 0.15) is 6.54 Å². The molecule has 172 valence electrons. The number of hydrogen-bond donors (Lipinski definition) is 1. The van der Waals surface area contributed by atoms with Gasteiger partial charge < -0.3 is 5.32 Å². The highest BCUT2D eigenvalue weighted by Crippen LogP contribution is 2.65. The van der Waals surface area contributed by atoms with E-state index in [1.165, 1.54) is 35.6 Å². The summed E-state index contributed by atoms with van der Waals surface area (Å²) in [6.45, 7) is -1.26. The van der Waals surface area contributed by atoms with Crippen LogP contribution in [0.15, 0.2) is 66.0 Å². The van der Waals surface area contributed by atoms with Crippen molar-refractivity contribution >= 4 is 16.9 Å². The minimum absolute atomic E-state index is 0.183. The number of nitrogens with one attached hydrogen (secondary N) is 1. The van der Waals surface area contributed by atoms with E-state index in [4.69, 9.17) is 0 Å². The van der Waals surface area contributed by atoms with Gasteiger partial charge in [-0.05, 0) is 53.9 Å². The fraction of sp³-hybridized carbons (Fsp3) is 0.280. The summed E-state index contributed by atoms with van der Waals surface area (Å²) >= 11 is 0. The van der Waals surface area contributed by atoms with Crippen molar-refractivity contribution < 1.29 is 13.2 Å². The summed E-state index contributed by atoms with van der Waals surface area (Å²) in [5, 5.41) is 2.74. The second-order valence-corrected chi connectivity index (χ2v) is 9.19. The van der Waals surface area contributed by atoms with E-state index in [0.29, 0.717) is 27.7 Å². The number of hydrogen-bond acceptors (Lipinski definition) is 5. The number of benzene rings is 1. The summed E-state index contributed by atoms with van der Waals surface area (Å²) in [5.74, 6) is 0.669. The zero-order chi connectivity index (χ0) is 23.5. The monoisotopic (exact) mass is 463 g/mol. The van der Waals surface area contributed by atoms with Crippen molar-refractivity contribution in [3.8, 4) is 16.8 Å². The highest BCUT2D eigenvalue weighted by atomic mass is 19.4. The van der Waals surface area contributed by atoms with Gasteiger partial charge >= 0.3 is 6.18 Å². The van der Waals surface area contributed by atoms with Crippen LogP contribution >= 0.6 is 0 Å². The van der Waals surface area contributed by atoms with Crippen molar-refractivity contribution in [2.75, 3.05) is 11.9 Å². The Morgan fingerprint density at radius 2 is 1.76 bits per heavy atom. The largest absolute Gasteiger partial charge is 0.405 e. The van der Waals surface area contributed by atoms with E-state index in [1.54, 1.807) is 30.7 Å². The SMILES string of the molecule is O=c1c(-c2ccc(C34CC(C3)C4)cc2)c2nc(NCC(F)(F)F)ncc2cn1-c1ccncc1. The number of rotatable bonds is 5. The maximum absolute atomic E-state index is 13.7. The lowest BCUT2D eigenvalue weighted by Gasteiger charge is -2.62. The third kappa shape index (κ3) is 3.43. The van der Waals surface area contributed by atoms with E-state index in [-0.39, 0.29) is 16.9 Å². The molecule has 6 nitrogen and oxygen atoms in total. The van der Waals surface area contributed by atoms with Gasteiger partial charge in [-0.3, -0.25) is 14.3 Å². The van der Waals surface area contributed by atoms with E-state index < -0.39 is 12.7 Å². The van der Waals surface area contributed by atoms with Crippen LogP contribution in [0, 0.1) is 5.92 Å². The summed E-state index contributed by atoms with van der Waals surface area (Å²) in [6, 6.07) is 11.4. The van der Waals surface area contributed by atoms with E-state index in [1.807, 2.05) is 12.1 Å². The Morgan fingerprint density at radius 1 is 1.06 bits per heavy atom. The van der Waals surface area contributed by atoms with Gasteiger partial charge in [0, 0.05) is 30.2 Å². The van der Waals surface area contributed by atoms with Crippen LogP contribution < -0.4 is 10.9 Å². The third-order valence-electron chi connectivity index (χ3n) is 6.97. The molecule has 1 aromatic carbocycles. The van der Waals surface area contributed by atoms with Gasteiger partial charge in [0.15, 0.2) is 0 Å². The van der Waals surface area contributed by atoms with E-state index in [2.05, 4.69) is 32.4 Å². The Kier molecular flexibility index (Phi) is 4.52. The lowest BCUT2D eigenvalue weighted by Crippen LogP contribution is -2.55. The molecule has 3 heterocycles. The summed E-state index contributed by atoms with van der Waals surface area (Å²) < 4.78 is 39.6. The average Bonchev–Trinajstić information content (AvgIpc) is 2.76. The van der Waals surface area contributed by atoms with Crippen LogP contribution in [0.1, 0.15) is 24.8 Å². The quantitative estimate of drug-likeness (QED) is 0.457. The number of fused-ring (bicyclic) bond motifs is 1. The summed E-state index contributed by atoms with van der Waals surface area (Å²) in [7, 11) is 0. The zero-order valence-electron chi connectivity index (χ0n) is 18.0. The predicted octanol–water partition coefficient (Wildman–Crippen LogP) is 4.87. The lowest BCUT2D eigenvalue weighted by atomic mass is 9.42. The number of pyridine rings is 2. The van der Waals surface area contributed by atoms with Gasteiger partial charge in [0.05, 0.1) is 16.8 Å². The molecule has 0 radical (unpaired) electrons. The first-order valence-corrected chi connectivity index (χ1v) is 11.1. The first kappa shape index (κ1) is 20.8. The average molecular weight is 463 g/mol. The number of anilines is 1. The minimum Gasteiger partial charge on any atom is -0.345 e. The summed E-state index contributed by atoms with van der Waals surface area (Å²) in [6.07, 6.45) is 5.45. The molecule has 3 aromatic heterocycles. The molecule has 9 heteroatoms. The van der Waals surface area contributed by atoms with Crippen LogP contribution in [0.25, 0.3) is 27.7 Å². The molecule has 3 aliphatic carbocycles. The van der Waals surface area contributed by atoms with Crippen molar-refractivity contribution in [1.82, 2.24) is 19.5 Å². The van der Waals surface area contributed by atoms with Gasteiger partial charge in [0.2, 0.25) is 5.95 Å². The van der Waals surface area contributed by atoms with Crippen LogP contribution in [0.5, 0.6) is 0 Å². The standard InChI is InChI=1S/C25H20F3N5O/c26-25(27,28)14-31-23-30-12-17-13-33(19-5-7-29-8-6-19)22(34)20(21(17)32-23)16-1-3-18(4-2-16)24-9-15(10-24)11-24/h1-8,12-13,15H,9-11,14H2,(H,31,32). The minimum atomic E-state index is -4.41. The molecule has 3 aliphatic rings. The van der Waals surface area contributed by atoms with Crippen LogP contribution in [0.3, 0.4) is 0 Å². The molecule has 1 N–H and O–H groups in total. The van der Waals surface area contributed by atoms with Crippen molar-refractivity contribution in [1.29, 1.82) is 0 Å². The van der Waals surface area contributed by atoms with Gasteiger partial charge in [-0.15, -0.1) is 0 Å². The molecular weight excluding hydrogens is 443 g/mol. The molecule has 34 heavy (non-hydrogen) atoms. The summed E-state index contributed by atoms with van der Waals surface area (Å²) in [5.41, 5.74) is 3.13. The topological polar surface area (TPSA) is 72.7 Å². The van der Waals surface area contributed by atoms with Crippen LogP contribution in [0.4, 0.5) is 19.1 Å². The lowest BCUT2D eigenvalue weighted by molar-refractivity contribution is -0.115. The number of halogens is 3. The Balaban J connectivity index is 1.50. The highest BCUT2D eigenvalue weighted by Gasteiger charge is 2.57. The smallest absolute Gasteiger partial charge is 0.345 e. The third-order valence-corrected chi connectivity index (χ3v) is 6.97. The van der Waals surface area contributed by atoms with Crippen LogP contribution in [0.2, 0.25) is 0 Å². The maximum Gasteiger partial charge on any atom is 0.405 e. The molecule has 0 amide bonds. The van der Waals surface area contributed by atoms with Crippen LogP contribution in [-0.4, -0.2) is 32.2 Å². The van der Waals surface area contributed by atoms with Crippen molar-refractivity contribution in [3.05, 3.63) is 77.1 Å². The molecule has 7 rings (SSSR count). The highest BCUT2D eigenvalue weighted by molar-refractivity contribution is 5.93. The van der Waals surface area contributed by atoms with E-state index in [9.17, 15) is 18.0 Å². The molecule has 0 atom stereocenters. The molecule has 0 unspecified atom stereocenters. The van der Waals surface area contributed by atoms with Gasteiger partial charge in [-0.25, -0.2) is 9.97 Å². The van der Waals surface area contributed by atoms with E-state index >= 15 is 0 Å². The Morgan fingerprint density at radius 3 is 2.38 bits per heavy atom. The molecule has 0 spiro atoms. The van der Waals surface area contributed by atoms with Crippen molar-refractivity contribution in [2.45, 2.75) is 30.9 Å². The fourth-order valence-corrected chi connectivity index (χ4v) is 5.15. The van der Waals surface area contributed by atoms with E-state index in [0.717, 1.165) is 5.92 Å². The number of aromatic nitrogens is 4. The fourth-order valence-electron chi connectivity index (χ4n) is 5.15. The molecule has 2 bridgehead atoms. The first-order valence-electron chi connectivity index (χ1n) is 11.1. The molecule has 3 fully saturated rings. The van der Waals surface area contributed by atoms with Crippen molar-refractivity contribution in [2.24, 2.45) is 5.92 Å². The zero-order valence-corrected chi connectivity index (χ0v) is 18.0. The Labute approximate surface area is 192 Å². The van der Waals surface area contributed by atoms with Crippen LogP contribution in [-0.2, 0) is 5.41 Å². The molecule has 0 aliphatic heterocycles. The molecule has 0 saturated heterocycles. The van der Waals surface area contributed by atoms with Gasteiger partial charge in [-0.2, -0.15) is 13.2 Å². The van der Waals surface area contributed by atoms with Gasteiger partial charge in [0.25, 0.3) is 5.56 Å². The Bertz CT molecular complexity index is 1430. The normalized spacial score (nSPS) is 21.1. The summed E-state index contributed by atoms with van der Waals surface area (Å²) in [4.78, 5) is 26.0. The molecular formula is C25H20F3N5O. The number of nitrogens with zero attached hydrogens (tertiary/aromatic N) is 4. The predicted molar refractivity (Wildman–Crippen MR) is 122 cm³/mol. The first-order chi connectivity index (χ1) is 16.3. The maximum atomic E-state index is 13.7. The second kappa shape index (κ2) is 7.38. The molecule has 3 saturated carbocycles. The Hall–Kier alpha value is -3.75. The second-order valence-electron chi connectivity index (χ2n) is 9.19. The number of alkyl halides is 3. The molecule has 4 aromatic rings. The van der Waals surface area contributed by atoms with Crippen molar-refractivity contribution in [3.63, 3.8) is 0 Å². The van der Waals surface area contributed by atoms with Gasteiger partial charge in [-0.1, -0.05) is 24.3 Å².